The van der Waals surface area contributed by atoms with Crippen LogP contribution in [0.4, 0.5) is 4.39 Å². The van der Waals surface area contributed by atoms with Gasteiger partial charge in [0.15, 0.2) is 8.38 Å². The van der Waals surface area contributed by atoms with Gasteiger partial charge in [-0.25, -0.2) is 4.39 Å². The highest BCUT2D eigenvalue weighted by Gasteiger charge is 2.35. The average Bonchev–Trinajstić information content (AvgIpc) is 2.99. The largest absolute Gasteiger partial charge is 0.385 e. The van der Waals surface area contributed by atoms with Crippen molar-refractivity contribution in [3.8, 4) is 11.1 Å². The summed E-state index contributed by atoms with van der Waals surface area (Å²) in [6.07, 6.45) is 4.33. The summed E-state index contributed by atoms with van der Waals surface area (Å²) >= 11 is 1.33. The molecule has 1 fully saturated rings. The van der Waals surface area contributed by atoms with Gasteiger partial charge in [-0.05, 0) is 42.5 Å². The number of aromatic amines is 1. The SMILES string of the molecule is OP(O)CSc1c[nH]c2cc(F)c(-c3ccc(C4(O)CCC4)cc3)cc12. The van der Waals surface area contributed by atoms with Gasteiger partial charge in [-0.1, -0.05) is 24.3 Å². The number of hydrogen-bond acceptors (Lipinski definition) is 4. The minimum absolute atomic E-state index is 0.211. The second kappa shape index (κ2) is 6.95. The van der Waals surface area contributed by atoms with E-state index >= 15 is 0 Å². The number of benzene rings is 2. The third-order valence-electron chi connectivity index (χ3n) is 4.98. The van der Waals surface area contributed by atoms with E-state index in [-0.39, 0.29) is 11.3 Å². The van der Waals surface area contributed by atoms with E-state index in [2.05, 4.69) is 4.98 Å². The van der Waals surface area contributed by atoms with Crippen molar-refractivity contribution >= 4 is 31.0 Å². The van der Waals surface area contributed by atoms with Gasteiger partial charge < -0.3 is 19.9 Å². The van der Waals surface area contributed by atoms with Gasteiger partial charge in [-0.15, -0.1) is 11.8 Å². The van der Waals surface area contributed by atoms with Crippen LogP contribution in [0.3, 0.4) is 0 Å². The lowest BCUT2D eigenvalue weighted by atomic mass is 9.75. The lowest BCUT2D eigenvalue weighted by Gasteiger charge is -2.37. The fourth-order valence-electron chi connectivity index (χ4n) is 3.35. The highest BCUT2D eigenvalue weighted by Crippen LogP contribution is 2.42. The maximum absolute atomic E-state index is 14.6. The zero-order valence-electron chi connectivity index (χ0n) is 13.9. The van der Waals surface area contributed by atoms with Gasteiger partial charge in [0.1, 0.15) is 5.82 Å². The molecule has 26 heavy (non-hydrogen) atoms. The summed E-state index contributed by atoms with van der Waals surface area (Å²) in [5.41, 5.74) is 2.28. The van der Waals surface area contributed by atoms with Crippen molar-refractivity contribution in [3.63, 3.8) is 0 Å². The highest BCUT2D eigenvalue weighted by atomic mass is 32.2. The predicted molar refractivity (Wildman–Crippen MR) is 104 cm³/mol. The highest BCUT2D eigenvalue weighted by molar-refractivity contribution is 8.04. The van der Waals surface area contributed by atoms with Crippen molar-refractivity contribution in [2.75, 3.05) is 5.49 Å². The Balaban J connectivity index is 1.69. The second-order valence-electron chi connectivity index (χ2n) is 6.64. The van der Waals surface area contributed by atoms with Crippen molar-refractivity contribution in [2.24, 2.45) is 0 Å². The van der Waals surface area contributed by atoms with Gasteiger partial charge >= 0.3 is 0 Å². The van der Waals surface area contributed by atoms with Gasteiger partial charge in [0.05, 0.1) is 11.1 Å². The van der Waals surface area contributed by atoms with E-state index in [1.807, 2.05) is 24.3 Å². The molecule has 0 amide bonds. The Morgan fingerprint density at radius 1 is 1.15 bits per heavy atom. The number of H-pyrrole nitrogens is 1. The molecule has 0 radical (unpaired) electrons. The van der Waals surface area contributed by atoms with E-state index in [0.717, 1.165) is 40.7 Å². The van der Waals surface area contributed by atoms with Gasteiger partial charge in [-0.3, -0.25) is 0 Å². The first-order valence-electron chi connectivity index (χ1n) is 8.38. The van der Waals surface area contributed by atoms with Crippen LogP contribution >= 0.6 is 20.1 Å². The molecule has 0 atom stereocenters. The molecule has 0 aliphatic heterocycles. The van der Waals surface area contributed by atoms with Crippen molar-refractivity contribution < 1.29 is 19.3 Å². The van der Waals surface area contributed by atoms with Gasteiger partial charge in [-0.2, -0.15) is 0 Å². The summed E-state index contributed by atoms with van der Waals surface area (Å²) < 4.78 is 14.6. The number of halogens is 1. The lowest BCUT2D eigenvalue weighted by Crippen LogP contribution is -2.33. The summed E-state index contributed by atoms with van der Waals surface area (Å²) in [4.78, 5) is 22.1. The Morgan fingerprint density at radius 3 is 2.50 bits per heavy atom. The van der Waals surface area contributed by atoms with Gasteiger partial charge in [0.2, 0.25) is 0 Å². The van der Waals surface area contributed by atoms with Crippen LogP contribution in [0.25, 0.3) is 22.0 Å². The normalized spacial score (nSPS) is 16.2. The molecule has 7 heteroatoms. The maximum atomic E-state index is 14.6. The van der Waals surface area contributed by atoms with E-state index in [9.17, 15) is 9.50 Å². The Bertz CT molecular complexity index is 938. The Morgan fingerprint density at radius 2 is 1.88 bits per heavy atom. The van der Waals surface area contributed by atoms with Gasteiger partial charge in [0.25, 0.3) is 0 Å². The van der Waals surface area contributed by atoms with Crippen LogP contribution in [0, 0.1) is 5.82 Å². The number of rotatable bonds is 5. The minimum atomic E-state index is -1.98. The third kappa shape index (κ3) is 3.28. The molecule has 0 unspecified atom stereocenters. The first-order chi connectivity index (χ1) is 12.5. The minimum Gasteiger partial charge on any atom is -0.385 e. The van der Waals surface area contributed by atoms with E-state index < -0.39 is 14.0 Å². The lowest BCUT2D eigenvalue weighted by molar-refractivity contribution is -0.0387. The zero-order chi connectivity index (χ0) is 18.3. The molecule has 1 heterocycles. The quantitative estimate of drug-likeness (QED) is 0.376. The number of thioether (sulfide) groups is 1. The van der Waals surface area contributed by atoms with Crippen LogP contribution < -0.4 is 0 Å². The van der Waals surface area contributed by atoms with E-state index in [1.165, 1.54) is 17.8 Å². The summed E-state index contributed by atoms with van der Waals surface area (Å²) in [5, 5.41) is 11.3. The topological polar surface area (TPSA) is 76.5 Å². The number of fused-ring (bicyclic) bond motifs is 1. The van der Waals surface area contributed by atoms with Crippen LogP contribution in [-0.4, -0.2) is 25.4 Å². The third-order valence-corrected chi connectivity index (χ3v) is 7.07. The van der Waals surface area contributed by atoms with Crippen molar-refractivity contribution in [2.45, 2.75) is 29.8 Å². The molecule has 4 N–H and O–H groups in total. The summed E-state index contributed by atoms with van der Waals surface area (Å²) in [7, 11) is -1.98. The van der Waals surface area contributed by atoms with E-state index in [0.29, 0.717) is 11.1 Å². The van der Waals surface area contributed by atoms with E-state index in [4.69, 9.17) is 9.79 Å². The van der Waals surface area contributed by atoms with Crippen LogP contribution in [0.1, 0.15) is 24.8 Å². The molecule has 0 spiro atoms. The van der Waals surface area contributed by atoms with E-state index in [1.54, 1.807) is 12.3 Å². The molecule has 1 aliphatic rings. The molecule has 3 aromatic rings. The summed E-state index contributed by atoms with van der Waals surface area (Å²) in [5.74, 6) is -0.322. The number of aromatic nitrogens is 1. The van der Waals surface area contributed by atoms with Crippen LogP contribution in [0.5, 0.6) is 0 Å². The molecule has 0 bridgehead atoms. The summed E-state index contributed by atoms with van der Waals surface area (Å²) in [6.45, 7) is 0. The Hall–Kier alpha value is -1.43. The first kappa shape index (κ1) is 18.0. The first-order valence-corrected chi connectivity index (χ1v) is 10.8. The standard InChI is InChI=1S/C19H19FNO3PS/c20-16-9-17-15(18(10-21-17)26-11-25(23)24)8-14(16)12-2-4-13(5-3-12)19(22)6-1-7-19/h2-5,8-10,21-24H,1,6-7,11H2. The molecule has 2 aromatic carbocycles. The number of hydrogen-bond donors (Lipinski definition) is 4. The molecule has 0 saturated heterocycles. The molecular formula is C19H19FNO3PS. The van der Waals surface area contributed by atoms with Crippen molar-refractivity contribution in [1.82, 2.24) is 4.98 Å². The Labute approximate surface area is 156 Å². The molecule has 1 saturated carbocycles. The number of nitrogens with one attached hydrogen (secondary N) is 1. The molecule has 4 nitrogen and oxygen atoms in total. The molecule has 4 rings (SSSR count). The maximum Gasteiger partial charge on any atom is 0.175 e. The number of aliphatic hydroxyl groups is 1. The van der Waals surface area contributed by atoms with Crippen LogP contribution in [0.15, 0.2) is 47.5 Å². The molecule has 1 aliphatic carbocycles. The van der Waals surface area contributed by atoms with Crippen molar-refractivity contribution in [1.29, 1.82) is 0 Å². The van der Waals surface area contributed by atoms with Crippen LogP contribution in [-0.2, 0) is 5.60 Å². The average molecular weight is 391 g/mol. The fourth-order valence-corrected chi connectivity index (χ4v) is 4.83. The second-order valence-corrected chi connectivity index (χ2v) is 9.14. The summed E-state index contributed by atoms with van der Waals surface area (Å²) in [6, 6.07) is 10.7. The molecule has 1 aromatic heterocycles. The van der Waals surface area contributed by atoms with Crippen molar-refractivity contribution in [3.05, 3.63) is 54.0 Å². The van der Waals surface area contributed by atoms with Crippen LogP contribution in [0.2, 0.25) is 0 Å². The molecule has 136 valence electrons. The fraction of sp³-hybridized carbons (Fsp3) is 0.263. The Kier molecular flexibility index (Phi) is 4.80. The predicted octanol–water partition coefficient (Wildman–Crippen LogP) is 4.69. The molecular weight excluding hydrogens is 372 g/mol. The smallest absolute Gasteiger partial charge is 0.175 e. The van der Waals surface area contributed by atoms with Gasteiger partial charge in [0, 0.05) is 27.6 Å². The zero-order valence-corrected chi connectivity index (χ0v) is 15.7. The monoisotopic (exact) mass is 391 g/mol.